The molecule has 124 valence electrons. The van der Waals surface area contributed by atoms with E-state index in [4.69, 9.17) is 0 Å². The summed E-state index contributed by atoms with van der Waals surface area (Å²) in [5.74, 6) is 0.913. The van der Waals surface area contributed by atoms with Crippen molar-refractivity contribution in [2.24, 2.45) is 0 Å². The van der Waals surface area contributed by atoms with Gasteiger partial charge in [0.05, 0.1) is 0 Å². The van der Waals surface area contributed by atoms with E-state index in [1.54, 1.807) is 18.6 Å². The van der Waals surface area contributed by atoms with Crippen LogP contribution in [-0.4, -0.2) is 45.0 Å². The van der Waals surface area contributed by atoms with Crippen molar-refractivity contribution in [1.29, 1.82) is 0 Å². The molecule has 3 heterocycles. The van der Waals surface area contributed by atoms with Crippen LogP contribution >= 0.6 is 0 Å². The third kappa shape index (κ3) is 2.93. The lowest BCUT2D eigenvalue weighted by Crippen LogP contribution is -2.48. The number of nitrogens with one attached hydrogen (secondary N) is 1. The van der Waals surface area contributed by atoms with E-state index in [0.717, 1.165) is 51.0 Å². The van der Waals surface area contributed by atoms with E-state index in [1.807, 2.05) is 0 Å². The van der Waals surface area contributed by atoms with Gasteiger partial charge in [0.1, 0.15) is 24.2 Å². The molecule has 1 atom stereocenters. The Hall–Kier alpha value is -2.57. The van der Waals surface area contributed by atoms with Crippen LogP contribution in [0.15, 0.2) is 24.9 Å². The predicted molar refractivity (Wildman–Crippen MR) is 88.8 cm³/mol. The summed E-state index contributed by atoms with van der Waals surface area (Å²) in [4.78, 5) is 31.4. The second-order valence-electron chi connectivity index (χ2n) is 6.33. The third-order valence-electron chi connectivity index (χ3n) is 4.72. The Morgan fingerprint density at radius 1 is 1.17 bits per heavy atom. The molecule has 1 aliphatic heterocycles. The number of aryl methyl sites for hydroxylation is 1. The molecule has 1 amide bonds. The molecule has 24 heavy (non-hydrogen) atoms. The van der Waals surface area contributed by atoms with Gasteiger partial charge in [-0.2, -0.15) is 0 Å². The molecule has 1 N–H and O–H groups in total. The first-order valence-corrected chi connectivity index (χ1v) is 8.46. The van der Waals surface area contributed by atoms with Crippen LogP contribution in [0.4, 0.5) is 5.82 Å². The molecule has 0 spiro atoms. The second kappa shape index (κ2) is 6.51. The van der Waals surface area contributed by atoms with Crippen LogP contribution in [0.1, 0.15) is 41.0 Å². The first-order chi connectivity index (χ1) is 11.8. The van der Waals surface area contributed by atoms with Gasteiger partial charge in [0.25, 0.3) is 5.91 Å². The molecule has 1 unspecified atom stereocenters. The summed E-state index contributed by atoms with van der Waals surface area (Å²) in [5, 5.41) is 3.09. The summed E-state index contributed by atoms with van der Waals surface area (Å²) in [6.45, 7) is 1.75. The maximum atomic E-state index is 12.3. The maximum absolute atomic E-state index is 12.3. The third-order valence-corrected chi connectivity index (χ3v) is 4.72. The number of aromatic nitrogens is 4. The number of rotatable bonds is 3. The maximum Gasteiger partial charge on any atom is 0.270 e. The van der Waals surface area contributed by atoms with E-state index in [-0.39, 0.29) is 11.9 Å². The molecule has 2 aliphatic rings. The van der Waals surface area contributed by atoms with Crippen molar-refractivity contribution >= 4 is 11.7 Å². The van der Waals surface area contributed by atoms with Crippen LogP contribution in [0.2, 0.25) is 0 Å². The van der Waals surface area contributed by atoms with Crippen molar-refractivity contribution < 1.29 is 4.79 Å². The molecule has 7 heteroatoms. The topological polar surface area (TPSA) is 83.9 Å². The van der Waals surface area contributed by atoms with Gasteiger partial charge in [0.2, 0.25) is 0 Å². The highest BCUT2D eigenvalue weighted by molar-refractivity contribution is 5.92. The fourth-order valence-electron chi connectivity index (χ4n) is 3.59. The minimum Gasteiger partial charge on any atom is -0.354 e. The van der Waals surface area contributed by atoms with Gasteiger partial charge in [0.15, 0.2) is 0 Å². The summed E-state index contributed by atoms with van der Waals surface area (Å²) in [6, 6.07) is 1.74. The van der Waals surface area contributed by atoms with Gasteiger partial charge in [-0.05, 0) is 38.2 Å². The SMILES string of the molecule is O=C(NC1CCCN(c2ncnc3c2CCC3)C1)c1ccncn1. The fourth-order valence-corrected chi connectivity index (χ4v) is 3.59. The number of amides is 1. The zero-order chi connectivity index (χ0) is 16.4. The summed E-state index contributed by atoms with van der Waals surface area (Å²) in [5.41, 5.74) is 2.89. The van der Waals surface area contributed by atoms with E-state index in [9.17, 15) is 4.79 Å². The minimum absolute atomic E-state index is 0.105. The number of anilines is 1. The molecular weight excluding hydrogens is 304 g/mol. The molecule has 0 saturated carbocycles. The number of nitrogens with zero attached hydrogens (tertiary/aromatic N) is 5. The molecule has 0 bridgehead atoms. The van der Waals surface area contributed by atoms with Crippen LogP contribution < -0.4 is 10.2 Å². The monoisotopic (exact) mass is 324 g/mol. The molecule has 1 aliphatic carbocycles. The predicted octanol–water partition coefficient (Wildman–Crippen LogP) is 1.15. The zero-order valence-electron chi connectivity index (χ0n) is 13.5. The lowest BCUT2D eigenvalue weighted by molar-refractivity contribution is 0.0928. The van der Waals surface area contributed by atoms with Crippen molar-refractivity contribution in [2.45, 2.75) is 38.1 Å². The average molecular weight is 324 g/mol. The van der Waals surface area contributed by atoms with Crippen molar-refractivity contribution in [3.63, 3.8) is 0 Å². The summed E-state index contributed by atoms with van der Waals surface area (Å²) < 4.78 is 0. The van der Waals surface area contributed by atoms with Crippen LogP contribution in [0, 0.1) is 0 Å². The molecule has 2 aromatic rings. The van der Waals surface area contributed by atoms with E-state index in [1.165, 1.54) is 17.6 Å². The highest BCUT2D eigenvalue weighted by Crippen LogP contribution is 2.29. The highest BCUT2D eigenvalue weighted by Gasteiger charge is 2.27. The quantitative estimate of drug-likeness (QED) is 0.912. The van der Waals surface area contributed by atoms with Crippen molar-refractivity contribution in [3.05, 3.63) is 41.9 Å². The normalized spacial score (nSPS) is 19.8. The van der Waals surface area contributed by atoms with Gasteiger partial charge in [0, 0.05) is 36.6 Å². The number of hydrogen-bond donors (Lipinski definition) is 1. The molecular formula is C17H20N6O. The van der Waals surface area contributed by atoms with Crippen LogP contribution in [0.3, 0.4) is 0 Å². The lowest BCUT2D eigenvalue weighted by atomic mass is 10.0. The number of carbonyl (C=O) groups is 1. The molecule has 7 nitrogen and oxygen atoms in total. The Balaban J connectivity index is 1.47. The van der Waals surface area contributed by atoms with E-state index in [0.29, 0.717) is 5.69 Å². The second-order valence-corrected chi connectivity index (χ2v) is 6.33. The molecule has 0 radical (unpaired) electrons. The largest absolute Gasteiger partial charge is 0.354 e. The number of fused-ring (bicyclic) bond motifs is 1. The molecule has 4 rings (SSSR count). The first-order valence-electron chi connectivity index (χ1n) is 8.46. The average Bonchev–Trinajstić information content (AvgIpc) is 3.11. The Labute approximate surface area is 140 Å². The summed E-state index contributed by atoms with van der Waals surface area (Å²) in [7, 11) is 0. The number of piperidine rings is 1. The van der Waals surface area contributed by atoms with Gasteiger partial charge < -0.3 is 10.2 Å². The van der Waals surface area contributed by atoms with Crippen LogP contribution in [0.5, 0.6) is 0 Å². The Kier molecular flexibility index (Phi) is 4.06. The Bertz CT molecular complexity index is 735. The zero-order valence-corrected chi connectivity index (χ0v) is 13.5. The molecule has 0 aromatic carbocycles. The number of carbonyl (C=O) groups excluding carboxylic acids is 1. The van der Waals surface area contributed by atoms with Crippen molar-refractivity contribution in [2.75, 3.05) is 18.0 Å². The molecule has 1 saturated heterocycles. The lowest BCUT2D eigenvalue weighted by Gasteiger charge is -2.34. The standard InChI is InChI=1S/C17H20N6O/c24-17(15-6-7-18-10-19-15)22-12-3-2-8-23(9-12)16-13-4-1-5-14(13)20-11-21-16/h6-7,10-12H,1-5,8-9H2,(H,22,24). The van der Waals surface area contributed by atoms with E-state index < -0.39 is 0 Å². The van der Waals surface area contributed by atoms with Gasteiger partial charge in [-0.15, -0.1) is 0 Å². The highest BCUT2D eigenvalue weighted by atomic mass is 16.1. The Morgan fingerprint density at radius 2 is 2.12 bits per heavy atom. The van der Waals surface area contributed by atoms with Gasteiger partial charge in [-0.1, -0.05) is 0 Å². The van der Waals surface area contributed by atoms with Gasteiger partial charge in [-0.3, -0.25) is 4.79 Å². The van der Waals surface area contributed by atoms with Crippen LogP contribution in [-0.2, 0) is 12.8 Å². The summed E-state index contributed by atoms with van der Waals surface area (Å²) >= 11 is 0. The first kappa shape index (κ1) is 15.0. The number of hydrogen-bond acceptors (Lipinski definition) is 6. The van der Waals surface area contributed by atoms with Crippen molar-refractivity contribution in [3.8, 4) is 0 Å². The minimum atomic E-state index is -0.142. The smallest absolute Gasteiger partial charge is 0.270 e. The van der Waals surface area contributed by atoms with Crippen LogP contribution in [0.25, 0.3) is 0 Å². The van der Waals surface area contributed by atoms with Crippen molar-refractivity contribution in [1.82, 2.24) is 25.3 Å². The van der Waals surface area contributed by atoms with Gasteiger partial charge in [-0.25, -0.2) is 19.9 Å². The summed E-state index contributed by atoms with van der Waals surface area (Å²) in [6.07, 6.45) is 9.91. The van der Waals surface area contributed by atoms with E-state index >= 15 is 0 Å². The fraction of sp³-hybridized carbons (Fsp3) is 0.471. The van der Waals surface area contributed by atoms with E-state index in [2.05, 4.69) is 30.2 Å². The Morgan fingerprint density at radius 3 is 3.00 bits per heavy atom. The molecule has 1 fully saturated rings. The molecule has 2 aromatic heterocycles. The van der Waals surface area contributed by atoms with Gasteiger partial charge >= 0.3 is 0 Å².